The molecule has 23 heavy (non-hydrogen) atoms. The van der Waals surface area contributed by atoms with Crippen molar-refractivity contribution in [1.29, 1.82) is 5.26 Å². The molecule has 6 nitrogen and oxygen atoms in total. The Kier molecular flexibility index (Phi) is 3.61. The fourth-order valence-electron chi connectivity index (χ4n) is 2.37. The third kappa shape index (κ3) is 2.45. The van der Waals surface area contributed by atoms with E-state index >= 15 is 0 Å². The number of furan rings is 1. The lowest BCUT2D eigenvalue weighted by molar-refractivity contribution is 0.0593. The van der Waals surface area contributed by atoms with Crippen molar-refractivity contribution in [2.24, 2.45) is 0 Å². The number of aromatic nitrogens is 1. The highest BCUT2D eigenvalue weighted by Gasteiger charge is 2.21. The van der Waals surface area contributed by atoms with E-state index < -0.39 is 5.97 Å². The maximum absolute atomic E-state index is 12.0. The first-order valence-electron chi connectivity index (χ1n) is 6.79. The topological polar surface area (TPSA) is 94.2 Å². The summed E-state index contributed by atoms with van der Waals surface area (Å²) in [6, 6.07) is 13.0. The summed E-state index contributed by atoms with van der Waals surface area (Å²) >= 11 is 0. The van der Waals surface area contributed by atoms with Crippen LogP contribution in [0.5, 0.6) is 0 Å². The van der Waals surface area contributed by atoms with E-state index in [-0.39, 0.29) is 16.9 Å². The zero-order chi connectivity index (χ0) is 16.4. The van der Waals surface area contributed by atoms with Crippen molar-refractivity contribution in [3.8, 4) is 23.1 Å². The maximum atomic E-state index is 12.0. The molecule has 0 saturated carbocycles. The lowest BCUT2D eigenvalue weighted by atomic mass is 10.1. The van der Waals surface area contributed by atoms with Gasteiger partial charge in [-0.2, -0.15) is 5.26 Å². The molecule has 3 rings (SSSR count). The van der Waals surface area contributed by atoms with E-state index in [4.69, 9.17) is 20.1 Å². The molecular formula is C17H13N3O3. The molecule has 0 amide bonds. The Morgan fingerprint density at radius 3 is 2.83 bits per heavy atom. The molecule has 0 saturated heterocycles. The van der Waals surface area contributed by atoms with Gasteiger partial charge in [-0.3, -0.25) is 0 Å². The van der Waals surface area contributed by atoms with Crippen LogP contribution in [0.4, 0.5) is 5.69 Å². The van der Waals surface area contributed by atoms with Crippen LogP contribution in [0.3, 0.4) is 0 Å². The van der Waals surface area contributed by atoms with E-state index in [0.29, 0.717) is 11.4 Å². The van der Waals surface area contributed by atoms with E-state index in [1.165, 1.54) is 13.3 Å². The zero-order valence-electron chi connectivity index (χ0n) is 12.3. The predicted octanol–water partition coefficient (Wildman–Crippen LogP) is 2.98. The summed E-state index contributed by atoms with van der Waals surface area (Å²) in [5.41, 5.74) is 7.86. The van der Waals surface area contributed by atoms with Gasteiger partial charge in [0.05, 0.1) is 24.6 Å². The molecule has 2 N–H and O–H groups in total. The Morgan fingerprint density at radius 1 is 1.35 bits per heavy atom. The molecule has 0 aliphatic rings. The molecule has 3 aromatic rings. The van der Waals surface area contributed by atoms with Crippen LogP contribution in [-0.4, -0.2) is 17.6 Å². The number of methoxy groups -OCH3 is 1. The van der Waals surface area contributed by atoms with Gasteiger partial charge in [-0.15, -0.1) is 0 Å². The van der Waals surface area contributed by atoms with Crippen molar-refractivity contribution < 1.29 is 13.9 Å². The number of hydrogen-bond acceptors (Lipinski definition) is 5. The summed E-state index contributed by atoms with van der Waals surface area (Å²) in [4.78, 5) is 12.0. The minimum atomic E-state index is -0.604. The van der Waals surface area contributed by atoms with Crippen LogP contribution >= 0.6 is 0 Å². The Bertz CT molecular complexity index is 902. The maximum Gasteiger partial charge on any atom is 0.357 e. The van der Waals surface area contributed by atoms with Gasteiger partial charge in [-0.1, -0.05) is 12.1 Å². The first kappa shape index (κ1) is 14.5. The number of esters is 1. The quantitative estimate of drug-likeness (QED) is 0.751. The molecule has 0 bridgehead atoms. The highest BCUT2D eigenvalue weighted by molar-refractivity contribution is 5.96. The van der Waals surface area contributed by atoms with Crippen LogP contribution in [0.25, 0.3) is 17.0 Å². The lowest BCUT2D eigenvalue weighted by Crippen LogP contribution is -2.11. The summed E-state index contributed by atoms with van der Waals surface area (Å²) in [7, 11) is 1.27. The summed E-state index contributed by atoms with van der Waals surface area (Å²) in [6.07, 6.45) is 3.10. The van der Waals surface area contributed by atoms with Crippen molar-refractivity contribution in [2.45, 2.75) is 0 Å². The van der Waals surface area contributed by atoms with Crippen LogP contribution in [-0.2, 0) is 4.74 Å². The van der Waals surface area contributed by atoms with Gasteiger partial charge in [0.25, 0.3) is 0 Å². The Balaban J connectivity index is 2.18. The van der Waals surface area contributed by atoms with Crippen LogP contribution in [0, 0.1) is 11.3 Å². The number of nitrogens with zero attached hydrogens (tertiary/aromatic N) is 2. The number of rotatable bonds is 3. The molecule has 0 atom stereocenters. The number of hydrogen-bond donors (Lipinski definition) is 1. The minimum absolute atomic E-state index is 0.0998. The van der Waals surface area contributed by atoms with Crippen molar-refractivity contribution in [3.05, 3.63) is 60.1 Å². The number of carbonyl (C=O) groups excluding carboxylic acids is 1. The number of carbonyl (C=O) groups is 1. The standard InChI is InChI=1S/C17H13N3O3/c1-22-17(21)16-15(19)12(9-18)10-20(16)13-5-2-4-11(8-13)14-6-3-7-23-14/h2-8,10H,19H2,1H3. The van der Waals surface area contributed by atoms with Gasteiger partial charge in [0.2, 0.25) is 0 Å². The van der Waals surface area contributed by atoms with Gasteiger partial charge in [-0.25, -0.2) is 4.79 Å². The Morgan fingerprint density at radius 2 is 2.17 bits per heavy atom. The number of anilines is 1. The van der Waals surface area contributed by atoms with Gasteiger partial charge in [-0.05, 0) is 24.3 Å². The number of ether oxygens (including phenoxy) is 1. The average molecular weight is 307 g/mol. The second-order valence-electron chi connectivity index (χ2n) is 4.81. The normalized spacial score (nSPS) is 10.3. The second-order valence-corrected chi connectivity index (χ2v) is 4.81. The smallest absolute Gasteiger partial charge is 0.357 e. The number of nitrogen functional groups attached to an aromatic ring is 1. The number of benzene rings is 1. The first-order chi connectivity index (χ1) is 11.2. The van der Waals surface area contributed by atoms with E-state index in [9.17, 15) is 4.79 Å². The molecule has 2 aromatic heterocycles. The van der Waals surface area contributed by atoms with Crippen molar-refractivity contribution in [1.82, 2.24) is 4.57 Å². The van der Waals surface area contributed by atoms with Crippen molar-refractivity contribution in [3.63, 3.8) is 0 Å². The molecule has 0 aliphatic heterocycles. The second kappa shape index (κ2) is 5.73. The molecule has 0 aliphatic carbocycles. The Hall–Kier alpha value is -3.46. The van der Waals surface area contributed by atoms with Crippen LogP contribution in [0.2, 0.25) is 0 Å². The van der Waals surface area contributed by atoms with Crippen LogP contribution in [0.1, 0.15) is 16.1 Å². The van der Waals surface area contributed by atoms with Crippen LogP contribution in [0.15, 0.2) is 53.3 Å². The molecule has 1 aromatic carbocycles. The molecule has 0 unspecified atom stereocenters. The largest absolute Gasteiger partial charge is 0.464 e. The number of nitriles is 1. The first-order valence-corrected chi connectivity index (χ1v) is 6.79. The summed E-state index contributed by atoms with van der Waals surface area (Å²) in [5, 5.41) is 9.15. The highest BCUT2D eigenvalue weighted by Crippen LogP contribution is 2.27. The lowest BCUT2D eigenvalue weighted by Gasteiger charge is -2.09. The van der Waals surface area contributed by atoms with E-state index in [1.54, 1.807) is 23.0 Å². The monoisotopic (exact) mass is 307 g/mol. The van der Waals surface area contributed by atoms with Gasteiger partial charge >= 0.3 is 5.97 Å². The molecule has 0 fully saturated rings. The molecule has 0 radical (unpaired) electrons. The van der Waals surface area contributed by atoms with Crippen molar-refractivity contribution >= 4 is 11.7 Å². The van der Waals surface area contributed by atoms with E-state index in [0.717, 1.165) is 5.56 Å². The van der Waals surface area contributed by atoms with Gasteiger partial charge in [0.15, 0.2) is 5.69 Å². The molecule has 2 heterocycles. The van der Waals surface area contributed by atoms with Gasteiger partial charge in [0, 0.05) is 17.4 Å². The van der Waals surface area contributed by atoms with E-state index in [2.05, 4.69) is 0 Å². The zero-order valence-corrected chi connectivity index (χ0v) is 12.3. The third-order valence-corrected chi connectivity index (χ3v) is 3.47. The fourth-order valence-corrected chi connectivity index (χ4v) is 2.37. The van der Waals surface area contributed by atoms with Gasteiger partial charge < -0.3 is 19.5 Å². The average Bonchev–Trinajstić information content (AvgIpc) is 3.22. The molecule has 6 heteroatoms. The fraction of sp³-hybridized carbons (Fsp3) is 0.0588. The summed E-state index contributed by atoms with van der Waals surface area (Å²) in [5.74, 6) is 0.0968. The third-order valence-electron chi connectivity index (χ3n) is 3.47. The highest BCUT2D eigenvalue weighted by atomic mass is 16.5. The predicted molar refractivity (Wildman–Crippen MR) is 83.9 cm³/mol. The van der Waals surface area contributed by atoms with Gasteiger partial charge in [0.1, 0.15) is 11.8 Å². The summed E-state index contributed by atoms with van der Waals surface area (Å²) < 4.78 is 11.7. The summed E-state index contributed by atoms with van der Waals surface area (Å²) in [6.45, 7) is 0. The molecular weight excluding hydrogens is 294 g/mol. The molecule has 114 valence electrons. The number of nitrogens with two attached hydrogens (primary N) is 1. The van der Waals surface area contributed by atoms with Crippen molar-refractivity contribution in [2.75, 3.05) is 12.8 Å². The SMILES string of the molecule is COC(=O)c1c(N)c(C#N)cn1-c1cccc(-c2ccco2)c1. The molecule has 0 spiro atoms. The van der Waals surface area contributed by atoms with E-state index in [1.807, 2.05) is 30.3 Å². The van der Waals surface area contributed by atoms with Crippen LogP contribution < -0.4 is 5.73 Å². The Labute approximate surface area is 132 Å². The minimum Gasteiger partial charge on any atom is -0.464 e.